The molecule has 2 amide bonds. The molecule has 54 heavy (non-hydrogen) atoms. The molecule has 1 aliphatic carbocycles. The van der Waals surface area contributed by atoms with E-state index in [1.165, 1.54) is 6.07 Å². The van der Waals surface area contributed by atoms with Crippen molar-refractivity contribution in [2.45, 2.75) is 82.5 Å². The van der Waals surface area contributed by atoms with Crippen molar-refractivity contribution in [1.29, 1.82) is 0 Å². The number of rotatable bonds is 10. The van der Waals surface area contributed by atoms with E-state index in [1.807, 2.05) is 36.4 Å². The number of fused-ring (bicyclic) bond motifs is 1. The molecular formula is C40H39FN6O7. The SMILES string of the molecule is Cc1nnc(-c2ncc(F)cc2Oc2ccc(C(C)(C)c3ccc(OC4CC(Nc5ccc6c(c5)C(=O)N([C@@H]5CC[C@@H](O)N[C@@H]5O)C6=O)C4)cc3)cc2)o1. The van der Waals surface area contributed by atoms with Gasteiger partial charge in [0.25, 0.3) is 17.7 Å². The number of carbonyl (C=O) groups is 2. The van der Waals surface area contributed by atoms with Gasteiger partial charge in [-0.1, -0.05) is 38.1 Å². The summed E-state index contributed by atoms with van der Waals surface area (Å²) < 4.78 is 31.8. The van der Waals surface area contributed by atoms with Crippen molar-refractivity contribution in [1.82, 2.24) is 25.4 Å². The summed E-state index contributed by atoms with van der Waals surface area (Å²) in [6.45, 7) is 5.93. The number of halogens is 1. The molecule has 4 N–H and O–H groups in total. The molecule has 2 aliphatic heterocycles. The number of aryl methyl sites for hydroxylation is 1. The van der Waals surface area contributed by atoms with E-state index in [1.54, 1.807) is 25.1 Å². The number of hydrogen-bond acceptors (Lipinski definition) is 12. The number of amides is 2. The maximum Gasteiger partial charge on any atom is 0.270 e. The lowest BCUT2D eigenvalue weighted by Crippen LogP contribution is -2.58. The molecule has 2 fully saturated rings. The first kappa shape index (κ1) is 35.3. The smallest absolute Gasteiger partial charge is 0.270 e. The summed E-state index contributed by atoms with van der Waals surface area (Å²) in [5, 5.41) is 34.0. The minimum Gasteiger partial charge on any atom is -0.490 e. The summed E-state index contributed by atoms with van der Waals surface area (Å²) in [5.74, 6) is 0.495. The van der Waals surface area contributed by atoms with Crippen LogP contribution in [0, 0.1) is 12.7 Å². The van der Waals surface area contributed by atoms with Crippen molar-refractivity contribution in [2.75, 3.05) is 5.32 Å². The van der Waals surface area contributed by atoms with Crippen molar-refractivity contribution in [3.8, 4) is 28.8 Å². The molecule has 0 spiro atoms. The molecule has 0 radical (unpaired) electrons. The normalized spacial score (nSPS) is 22.5. The molecule has 1 saturated carbocycles. The van der Waals surface area contributed by atoms with Crippen LogP contribution in [0.1, 0.15) is 77.3 Å². The Morgan fingerprint density at radius 2 is 1.59 bits per heavy atom. The first-order valence-corrected chi connectivity index (χ1v) is 17.9. The predicted molar refractivity (Wildman–Crippen MR) is 193 cm³/mol. The molecular weight excluding hydrogens is 695 g/mol. The zero-order chi connectivity index (χ0) is 37.7. The van der Waals surface area contributed by atoms with Gasteiger partial charge in [-0.05, 0) is 66.4 Å². The van der Waals surface area contributed by atoms with Crippen LogP contribution in [0.5, 0.6) is 17.2 Å². The molecule has 0 bridgehead atoms. The van der Waals surface area contributed by atoms with Crippen molar-refractivity contribution >= 4 is 17.5 Å². The molecule has 3 aromatic carbocycles. The number of anilines is 1. The quantitative estimate of drug-likeness (QED) is 0.129. The van der Waals surface area contributed by atoms with Crippen LogP contribution in [0.3, 0.4) is 0 Å². The van der Waals surface area contributed by atoms with Gasteiger partial charge in [-0.3, -0.25) is 19.8 Å². The second-order valence-electron chi connectivity index (χ2n) is 14.5. The fourth-order valence-electron chi connectivity index (χ4n) is 7.24. The van der Waals surface area contributed by atoms with E-state index in [9.17, 15) is 24.2 Å². The number of ether oxygens (including phenoxy) is 2. The van der Waals surface area contributed by atoms with Crippen LogP contribution in [0.2, 0.25) is 0 Å². The largest absolute Gasteiger partial charge is 0.490 e. The van der Waals surface area contributed by atoms with Crippen LogP contribution in [-0.4, -0.2) is 72.8 Å². The fourth-order valence-corrected chi connectivity index (χ4v) is 7.24. The topological polar surface area (TPSA) is 172 Å². The highest BCUT2D eigenvalue weighted by Crippen LogP contribution is 2.37. The number of imide groups is 1. The molecule has 2 aromatic heterocycles. The van der Waals surface area contributed by atoms with E-state index in [4.69, 9.17) is 13.9 Å². The van der Waals surface area contributed by atoms with Gasteiger partial charge in [0.05, 0.1) is 23.4 Å². The Morgan fingerprint density at radius 1 is 0.907 bits per heavy atom. The van der Waals surface area contributed by atoms with E-state index < -0.39 is 36.1 Å². The molecule has 3 aliphatic rings. The average molecular weight is 735 g/mol. The van der Waals surface area contributed by atoms with Gasteiger partial charge in [-0.2, -0.15) is 0 Å². The van der Waals surface area contributed by atoms with Crippen molar-refractivity contribution in [3.63, 3.8) is 0 Å². The van der Waals surface area contributed by atoms with Crippen LogP contribution < -0.4 is 20.1 Å². The minimum absolute atomic E-state index is 0.0235. The van der Waals surface area contributed by atoms with E-state index in [0.717, 1.165) is 46.5 Å². The van der Waals surface area contributed by atoms with Crippen molar-refractivity contribution in [2.24, 2.45) is 0 Å². The van der Waals surface area contributed by atoms with Crippen LogP contribution in [0.15, 0.2) is 83.4 Å². The summed E-state index contributed by atoms with van der Waals surface area (Å²) in [5.41, 5.74) is 3.39. The summed E-state index contributed by atoms with van der Waals surface area (Å²) in [6.07, 6.45) is 1.19. The Bertz CT molecular complexity index is 2200. The number of aliphatic hydroxyl groups excluding tert-OH is 2. The van der Waals surface area contributed by atoms with Crippen LogP contribution in [-0.2, 0) is 5.41 Å². The lowest BCUT2D eigenvalue weighted by molar-refractivity contribution is -0.0413. The molecule has 8 rings (SSSR count). The summed E-state index contributed by atoms with van der Waals surface area (Å²) in [4.78, 5) is 31.5. The Hall–Kier alpha value is -5.70. The zero-order valence-electron chi connectivity index (χ0n) is 29.8. The molecule has 5 aromatic rings. The average Bonchev–Trinajstić information content (AvgIpc) is 3.67. The molecule has 278 valence electrons. The number of nitrogens with zero attached hydrogens (tertiary/aromatic N) is 4. The molecule has 1 saturated heterocycles. The highest BCUT2D eigenvalue weighted by Gasteiger charge is 2.44. The van der Waals surface area contributed by atoms with Crippen molar-refractivity contribution < 1.29 is 38.1 Å². The monoisotopic (exact) mass is 734 g/mol. The van der Waals surface area contributed by atoms with E-state index in [2.05, 4.69) is 51.8 Å². The lowest BCUT2D eigenvalue weighted by atomic mass is 9.78. The number of hydrogen-bond donors (Lipinski definition) is 4. The van der Waals surface area contributed by atoms with E-state index in [-0.39, 0.29) is 34.9 Å². The first-order valence-electron chi connectivity index (χ1n) is 17.9. The number of pyridine rings is 1. The Labute approximate surface area is 310 Å². The van der Waals surface area contributed by atoms with Gasteiger partial charge in [0.1, 0.15) is 35.9 Å². The highest BCUT2D eigenvalue weighted by molar-refractivity contribution is 6.22. The minimum atomic E-state index is -1.19. The highest BCUT2D eigenvalue weighted by atomic mass is 19.1. The van der Waals surface area contributed by atoms with Gasteiger partial charge in [0, 0.05) is 43.0 Å². The molecule has 14 heteroatoms. The maximum atomic E-state index is 14.1. The molecule has 4 heterocycles. The Balaban J connectivity index is 0.852. The van der Waals surface area contributed by atoms with Gasteiger partial charge < -0.3 is 29.4 Å². The standard InChI is InChI=1S/C40H39FN6O7/c1-21-45-46-37(52-21)35-33(16-24(41)20-42-35)54-28-11-6-23(7-12-28)40(2,3)22-4-9-27(10-5-22)53-29-17-26(18-29)43-25-8-13-30-31(19-25)39(51)47(38(30)50)32-14-15-34(48)44-36(32)49/h4-13,16,19-20,26,29,32,34,36,43-44,48-49H,14-15,17-18H2,1-3H3/t26?,29?,32-,34-,36-/m1/s1. The third-order valence-electron chi connectivity index (χ3n) is 10.4. The van der Waals surface area contributed by atoms with E-state index >= 15 is 0 Å². The fraction of sp³-hybridized carbons (Fsp3) is 0.325. The number of aromatic nitrogens is 3. The lowest BCUT2D eigenvalue weighted by Gasteiger charge is -2.36. The van der Waals surface area contributed by atoms with Crippen molar-refractivity contribution in [3.05, 3.63) is 113 Å². The van der Waals surface area contributed by atoms with Gasteiger partial charge in [0.2, 0.25) is 5.89 Å². The van der Waals surface area contributed by atoms with Crippen LogP contribution in [0.25, 0.3) is 11.6 Å². The summed E-state index contributed by atoms with van der Waals surface area (Å²) >= 11 is 0. The molecule has 13 nitrogen and oxygen atoms in total. The first-order chi connectivity index (χ1) is 25.9. The third kappa shape index (κ3) is 6.79. The summed E-state index contributed by atoms with van der Waals surface area (Å²) in [7, 11) is 0. The van der Waals surface area contributed by atoms with Gasteiger partial charge in [0.15, 0.2) is 11.4 Å². The number of aliphatic hydroxyl groups is 2. The second-order valence-corrected chi connectivity index (χ2v) is 14.5. The summed E-state index contributed by atoms with van der Waals surface area (Å²) in [6, 6.07) is 21.4. The zero-order valence-corrected chi connectivity index (χ0v) is 29.8. The molecule has 3 atom stereocenters. The van der Waals surface area contributed by atoms with E-state index in [0.29, 0.717) is 35.6 Å². The number of nitrogens with one attached hydrogen (secondary N) is 2. The second kappa shape index (κ2) is 13.9. The third-order valence-corrected chi connectivity index (χ3v) is 10.4. The Kier molecular flexibility index (Phi) is 9.12. The van der Waals surface area contributed by atoms with Crippen LogP contribution >= 0.6 is 0 Å². The van der Waals surface area contributed by atoms with Gasteiger partial charge in [-0.15, -0.1) is 10.2 Å². The maximum absolute atomic E-state index is 14.1. The Morgan fingerprint density at radius 3 is 2.26 bits per heavy atom. The van der Waals surface area contributed by atoms with Gasteiger partial charge in [-0.25, -0.2) is 9.37 Å². The van der Waals surface area contributed by atoms with Gasteiger partial charge >= 0.3 is 0 Å². The number of piperidine rings is 1. The predicted octanol–water partition coefficient (Wildman–Crippen LogP) is 5.70. The number of benzene rings is 3. The van der Waals surface area contributed by atoms with Crippen LogP contribution in [0.4, 0.5) is 10.1 Å². The number of carbonyl (C=O) groups excluding carboxylic acids is 2. The molecule has 0 unspecified atom stereocenters.